The minimum absolute atomic E-state index is 0.327. The number of nitrogens with zero attached hydrogens (tertiary/aromatic N) is 3. The summed E-state index contributed by atoms with van der Waals surface area (Å²) >= 11 is 0. The van der Waals surface area contributed by atoms with Gasteiger partial charge >= 0.3 is 0 Å². The first-order chi connectivity index (χ1) is 10.7. The van der Waals surface area contributed by atoms with Crippen LogP contribution in [0.25, 0.3) is 0 Å². The Hall–Kier alpha value is -1.66. The van der Waals surface area contributed by atoms with Crippen molar-refractivity contribution >= 4 is 10.0 Å². The Balaban J connectivity index is 2.38. The molecule has 0 saturated heterocycles. The van der Waals surface area contributed by atoms with Gasteiger partial charge in [-0.3, -0.25) is 4.68 Å². The van der Waals surface area contributed by atoms with E-state index in [-0.39, 0.29) is 0 Å². The molecule has 23 heavy (non-hydrogen) atoms. The van der Waals surface area contributed by atoms with Crippen molar-refractivity contribution in [1.29, 1.82) is 0 Å². The summed E-state index contributed by atoms with van der Waals surface area (Å²) in [4.78, 5) is 0.373. The van der Waals surface area contributed by atoms with Gasteiger partial charge in [-0.05, 0) is 51.8 Å². The van der Waals surface area contributed by atoms with E-state index in [0.717, 1.165) is 34.6 Å². The van der Waals surface area contributed by atoms with E-state index in [9.17, 15) is 8.42 Å². The van der Waals surface area contributed by atoms with Crippen LogP contribution in [0.5, 0.6) is 0 Å². The lowest BCUT2D eigenvalue weighted by Gasteiger charge is -2.19. The summed E-state index contributed by atoms with van der Waals surface area (Å²) in [6.45, 7) is 10.8. The molecular formula is C17H25N3O2S. The summed E-state index contributed by atoms with van der Waals surface area (Å²) in [7, 11) is -1.90. The Labute approximate surface area is 139 Å². The van der Waals surface area contributed by atoms with E-state index in [1.54, 1.807) is 13.1 Å². The van der Waals surface area contributed by atoms with E-state index in [0.29, 0.717) is 11.4 Å². The van der Waals surface area contributed by atoms with Gasteiger partial charge in [-0.2, -0.15) is 9.40 Å². The number of aromatic nitrogens is 2. The maximum atomic E-state index is 12.9. The third-order valence-electron chi connectivity index (χ3n) is 4.24. The molecule has 0 aliphatic heterocycles. The maximum Gasteiger partial charge on any atom is 0.243 e. The van der Waals surface area contributed by atoms with Crippen molar-refractivity contribution in [2.45, 2.75) is 52.6 Å². The molecule has 0 atom stereocenters. The van der Waals surface area contributed by atoms with Crippen LogP contribution in [0.3, 0.4) is 0 Å². The number of sulfonamides is 1. The molecule has 0 aliphatic carbocycles. The van der Waals surface area contributed by atoms with Crippen LogP contribution in [0.1, 0.15) is 35.0 Å². The van der Waals surface area contributed by atoms with Crippen molar-refractivity contribution in [2.24, 2.45) is 0 Å². The lowest BCUT2D eigenvalue weighted by molar-refractivity contribution is 0.464. The Morgan fingerprint density at radius 2 is 1.83 bits per heavy atom. The van der Waals surface area contributed by atoms with Gasteiger partial charge in [-0.25, -0.2) is 8.42 Å². The summed E-state index contributed by atoms with van der Waals surface area (Å²) in [6.07, 6.45) is 0. The fourth-order valence-corrected chi connectivity index (χ4v) is 4.18. The Kier molecular flexibility index (Phi) is 4.96. The summed E-state index contributed by atoms with van der Waals surface area (Å²) < 4.78 is 29.1. The van der Waals surface area contributed by atoms with Crippen LogP contribution in [0.2, 0.25) is 0 Å². The Bertz CT molecular complexity index is 823. The van der Waals surface area contributed by atoms with E-state index in [1.807, 2.05) is 51.4 Å². The fourth-order valence-electron chi connectivity index (χ4n) is 2.73. The first-order valence-electron chi connectivity index (χ1n) is 7.75. The monoisotopic (exact) mass is 335 g/mol. The Morgan fingerprint density at radius 3 is 2.39 bits per heavy atom. The quantitative estimate of drug-likeness (QED) is 0.844. The van der Waals surface area contributed by atoms with Gasteiger partial charge in [0.15, 0.2) is 0 Å². The third kappa shape index (κ3) is 3.33. The van der Waals surface area contributed by atoms with Crippen molar-refractivity contribution in [3.63, 3.8) is 0 Å². The van der Waals surface area contributed by atoms with E-state index in [1.165, 1.54) is 4.31 Å². The fraction of sp³-hybridized carbons (Fsp3) is 0.471. The molecule has 0 unspecified atom stereocenters. The lowest BCUT2D eigenvalue weighted by atomic mass is 10.2. The van der Waals surface area contributed by atoms with Gasteiger partial charge in [-0.1, -0.05) is 12.1 Å². The van der Waals surface area contributed by atoms with Crippen LogP contribution in [-0.4, -0.2) is 29.6 Å². The van der Waals surface area contributed by atoms with Crippen molar-refractivity contribution in [2.75, 3.05) is 7.05 Å². The number of benzene rings is 1. The molecule has 0 fully saturated rings. The Morgan fingerprint density at radius 1 is 1.17 bits per heavy atom. The van der Waals surface area contributed by atoms with E-state index in [4.69, 9.17) is 0 Å². The lowest BCUT2D eigenvalue weighted by Crippen LogP contribution is -2.27. The van der Waals surface area contributed by atoms with Crippen LogP contribution in [0, 0.1) is 27.7 Å². The van der Waals surface area contributed by atoms with Crippen LogP contribution in [0.15, 0.2) is 23.1 Å². The minimum Gasteiger partial charge on any atom is -0.270 e. The molecule has 0 bridgehead atoms. The molecule has 1 heterocycles. The highest BCUT2D eigenvalue weighted by molar-refractivity contribution is 7.89. The van der Waals surface area contributed by atoms with Gasteiger partial charge in [-0.15, -0.1) is 0 Å². The molecule has 1 aromatic heterocycles. The number of hydrogen-bond donors (Lipinski definition) is 0. The second-order valence-corrected chi connectivity index (χ2v) is 8.01. The average Bonchev–Trinajstić information content (AvgIpc) is 2.76. The second kappa shape index (κ2) is 6.45. The zero-order valence-corrected chi connectivity index (χ0v) is 15.5. The molecule has 2 aromatic rings. The first-order valence-corrected chi connectivity index (χ1v) is 9.19. The van der Waals surface area contributed by atoms with Crippen molar-refractivity contribution in [3.8, 4) is 0 Å². The summed E-state index contributed by atoms with van der Waals surface area (Å²) in [6, 6.07) is 5.51. The highest BCUT2D eigenvalue weighted by Crippen LogP contribution is 2.23. The second-order valence-electron chi connectivity index (χ2n) is 6.00. The van der Waals surface area contributed by atoms with Crippen molar-refractivity contribution in [1.82, 2.24) is 14.1 Å². The highest BCUT2D eigenvalue weighted by Gasteiger charge is 2.25. The molecule has 2 rings (SSSR count). The van der Waals surface area contributed by atoms with Gasteiger partial charge in [0.25, 0.3) is 0 Å². The van der Waals surface area contributed by atoms with Gasteiger partial charge in [0.2, 0.25) is 10.0 Å². The zero-order valence-electron chi connectivity index (χ0n) is 14.7. The zero-order chi connectivity index (χ0) is 17.4. The normalized spacial score (nSPS) is 12.1. The molecule has 126 valence electrons. The van der Waals surface area contributed by atoms with Crippen LogP contribution >= 0.6 is 0 Å². The predicted octanol–water partition coefficient (Wildman–Crippen LogP) is 2.96. The highest BCUT2D eigenvalue weighted by atomic mass is 32.2. The predicted molar refractivity (Wildman–Crippen MR) is 91.9 cm³/mol. The molecule has 0 aliphatic rings. The van der Waals surface area contributed by atoms with E-state index >= 15 is 0 Å². The van der Waals surface area contributed by atoms with Crippen molar-refractivity contribution < 1.29 is 8.42 Å². The summed E-state index contributed by atoms with van der Waals surface area (Å²) in [5.74, 6) is 0. The molecule has 6 heteroatoms. The van der Waals surface area contributed by atoms with E-state index in [2.05, 4.69) is 5.10 Å². The first kappa shape index (κ1) is 17.7. The SMILES string of the molecule is CCn1nc(C)c(CN(C)S(=O)(=O)c2cc(C)ccc2C)c1C. The summed E-state index contributed by atoms with van der Waals surface area (Å²) in [5, 5.41) is 4.46. The minimum atomic E-state index is -3.53. The standard InChI is InChI=1S/C17H25N3O2S/c1-7-20-15(5)16(14(4)18-20)11-19(6)23(21,22)17-10-12(2)8-9-13(17)3/h8-10H,7,11H2,1-6H3. The molecule has 0 spiro atoms. The molecule has 5 nitrogen and oxygen atoms in total. The van der Waals surface area contributed by atoms with Crippen molar-refractivity contribution in [3.05, 3.63) is 46.3 Å². The average molecular weight is 335 g/mol. The topological polar surface area (TPSA) is 55.2 Å². The smallest absolute Gasteiger partial charge is 0.243 e. The maximum absolute atomic E-state index is 12.9. The van der Waals surface area contributed by atoms with Gasteiger partial charge in [0.05, 0.1) is 10.6 Å². The van der Waals surface area contributed by atoms with E-state index < -0.39 is 10.0 Å². The van der Waals surface area contributed by atoms with Crippen LogP contribution < -0.4 is 0 Å². The molecule has 0 amide bonds. The molecule has 1 aromatic carbocycles. The largest absolute Gasteiger partial charge is 0.270 e. The van der Waals surface area contributed by atoms with Crippen LogP contribution in [0.4, 0.5) is 0 Å². The van der Waals surface area contributed by atoms with Gasteiger partial charge in [0, 0.05) is 31.4 Å². The van der Waals surface area contributed by atoms with Gasteiger partial charge < -0.3 is 0 Å². The molecule has 0 N–H and O–H groups in total. The van der Waals surface area contributed by atoms with Gasteiger partial charge in [0.1, 0.15) is 0 Å². The molecular weight excluding hydrogens is 310 g/mol. The molecule has 0 radical (unpaired) electrons. The number of hydrogen-bond acceptors (Lipinski definition) is 3. The third-order valence-corrected chi connectivity index (χ3v) is 6.19. The van der Waals surface area contributed by atoms with Crippen LogP contribution in [-0.2, 0) is 23.1 Å². The summed E-state index contributed by atoms with van der Waals surface area (Å²) in [5.41, 5.74) is 4.58. The molecule has 0 saturated carbocycles. The number of aryl methyl sites for hydroxylation is 4. The number of rotatable bonds is 5.